The fourth-order valence-electron chi connectivity index (χ4n) is 4.54. The van der Waals surface area contributed by atoms with Gasteiger partial charge in [-0.05, 0) is 49.2 Å². The van der Waals surface area contributed by atoms with Crippen molar-refractivity contribution < 1.29 is 55.8 Å². The first-order valence-electron chi connectivity index (χ1n) is 13.2. The lowest BCUT2D eigenvalue weighted by atomic mass is 10.0. The Kier molecular flexibility index (Phi) is 11.7. The van der Waals surface area contributed by atoms with Crippen LogP contribution in [0.3, 0.4) is 0 Å². The van der Waals surface area contributed by atoms with Crippen LogP contribution in [0.2, 0.25) is 0 Å². The molecule has 0 amide bonds. The number of nitrogens with two attached hydrogens (primary N) is 1. The topological polar surface area (TPSA) is 253 Å². The highest BCUT2D eigenvalue weighted by Crippen LogP contribution is 2.70. The molecule has 240 valence electrons. The number of rotatable bonds is 15. The zero-order valence-corrected chi connectivity index (χ0v) is 26.0. The van der Waals surface area contributed by atoms with Crippen LogP contribution in [0.1, 0.15) is 43.0 Å². The summed E-state index contributed by atoms with van der Waals surface area (Å²) in [7, 11) is -14.4. The minimum absolute atomic E-state index is 0.0221. The molecular weight excluding hydrogens is 633 g/mol. The van der Waals surface area contributed by atoms with Gasteiger partial charge in [0, 0.05) is 6.20 Å². The van der Waals surface area contributed by atoms with Crippen molar-refractivity contribution in [2.24, 2.45) is 21.6 Å². The van der Waals surface area contributed by atoms with E-state index in [1.807, 2.05) is 10.8 Å². The number of aromatic nitrogens is 1. The van der Waals surface area contributed by atoms with Gasteiger partial charge in [-0.1, -0.05) is 11.8 Å². The molecule has 8 N–H and O–H groups in total. The molecule has 1 aromatic heterocycles. The number of fused-ring (bicyclic) bond motifs is 1. The van der Waals surface area contributed by atoms with E-state index in [0.29, 0.717) is 43.1 Å². The second-order valence-corrected chi connectivity index (χ2v) is 14.4. The zero-order chi connectivity index (χ0) is 31.3. The predicted molar refractivity (Wildman–Crippen MR) is 155 cm³/mol. The number of anilines is 1. The van der Waals surface area contributed by atoms with E-state index < -0.39 is 30.0 Å². The average Bonchev–Trinajstić information content (AvgIpc) is 3.33. The van der Waals surface area contributed by atoms with Gasteiger partial charge in [-0.2, -0.15) is 18.6 Å². The largest absolute Gasteiger partial charge is 0.580 e. The molecule has 3 aliphatic rings. The Bertz CT molecular complexity index is 1350. The Balaban J connectivity index is 1.33. The monoisotopic (exact) mass is 669 g/mol. The van der Waals surface area contributed by atoms with Crippen LogP contribution in [-0.4, -0.2) is 89.1 Å². The molecule has 1 aromatic rings. The molecular formula is C22H36N6O12P3+. The van der Waals surface area contributed by atoms with Crippen molar-refractivity contribution in [3.8, 4) is 11.8 Å². The quantitative estimate of drug-likeness (QED) is 0.0600. The van der Waals surface area contributed by atoms with Crippen molar-refractivity contribution in [3.05, 3.63) is 17.3 Å². The number of epoxide rings is 1. The third-order valence-electron chi connectivity index (χ3n) is 6.57. The van der Waals surface area contributed by atoms with Gasteiger partial charge >= 0.3 is 23.8 Å². The van der Waals surface area contributed by atoms with Gasteiger partial charge in [-0.25, -0.2) is 19.1 Å². The molecule has 21 heteroatoms. The fourth-order valence-corrected chi connectivity index (χ4v) is 7.83. The molecule has 4 heterocycles. The number of amidine groups is 1. The third-order valence-corrected chi connectivity index (χ3v) is 10.9. The third kappa shape index (κ3) is 9.69. The molecule has 18 nitrogen and oxygen atoms in total. The summed E-state index contributed by atoms with van der Waals surface area (Å²) in [6, 6.07) is 0. The second kappa shape index (κ2) is 14.7. The minimum atomic E-state index is -5.40. The number of nitrogens with one attached hydrogen (secondary N) is 2. The van der Waals surface area contributed by atoms with Crippen molar-refractivity contribution >= 4 is 42.2 Å². The van der Waals surface area contributed by atoms with E-state index in [4.69, 9.17) is 19.7 Å². The van der Waals surface area contributed by atoms with Gasteiger partial charge in [-0.3, -0.25) is 14.7 Å². The minimum Gasteiger partial charge on any atom is -0.358 e. The molecule has 0 spiro atoms. The number of hydrogen-bond acceptors (Lipinski definition) is 15. The second-order valence-electron chi connectivity index (χ2n) is 9.64. The first kappa shape index (κ1) is 34.3. The highest BCUT2D eigenvalue weighted by Gasteiger charge is 2.51. The first-order chi connectivity index (χ1) is 20.4. The average molecular weight is 669 g/mol. The fraction of sp³-hybridized carbons (Fsp3) is 0.636. The number of hydrogen-bond donors (Lipinski definition) is 7. The molecule has 6 unspecified atom stereocenters. The van der Waals surface area contributed by atoms with Crippen LogP contribution >= 0.6 is 23.8 Å². The standard InChI is InChI=1S/C22H35N6O12P3/c1-24-20-19-16(5-4-9-25-22-17(38-22)6-3-8-23)12-28(21(19)27-14-26-20)18-11-15(13-36-18)7-10-37-42(31,32)40-43(33,34)39-41(29,30)35-2/h12,15,17-18,22,25,27,29-30H,1,3,6-11,13-14,23H2,2H3,(H-,31,32,33,34)/p+1. The van der Waals surface area contributed by atoms with E-state index in [1.54, 1.807) is 0 Å². The van der Waals surface area contributed by atoms with Crippen LogP contribution in [0.25, 0.3) is 0 Å². The molecule has 4 rings (SSSR count). The van der Waals surface area contributed by atoms with E-state index in [9.17, 15) is 28.7 Å². The van der Waals surface area contributed by atoms with E-state index in [0.717, 1.165) is 25.8 Å². The van der Waals surface area contributed by atoms with E-state index in [2.05, 4.69) is 52.3 Å². The lowest BCUT2D eigenvalue weighted by Crippen LogP contribution is -2.20. The van der Waals surface area contributed by atoms with Crippen molar-refractivity contribution in [2.75, 3.05) is 45.4 Å². The number of phosphoric ester groups is 1. The predicted octanol–water partition coefficient (Wildman–Crippen LogP) is 1.21. The number of aliphatic imine (C=N–C) groups is 2. The molecule has 0 aromatic carbocycles. The van der Waals surface area contributed by atoms with Crippen LogP contribution in [0.4, 0.5) is 5.82 Å². The van der Waals surface area contributed by atoms with E-state index in [1.165, 1.54) is 0 Å². The van der Waals surface area contributed by atoms with Gasteiger partial charge in [0.25, 0.3) is 0 Å². The molecule has 0 radical (unpaired) electrons. The SMILES string of the molecule is C=NC1=NCNc2c1c(C#CCNC1OC1CCCN)cn2C1CC(CCOP(=O)(O)OP(=O)(O)O[P+](O)(O)OC)CO1. The summed E-state index contributed by atoms with van der Waals surface area (Å²) in [6.45, 7) is 4.92. The van der Waals surface area contributed by atoms with Gasteiger partial charge in [0.1, 0.15) is 24.9 Å². The molecule has 2 fully saturated rings. The summed E-state index contributed by atoms with van der Waals surface area (Å²) < 4.78 is 54.3. The summed E-state index contributed by atoms with van der Waals surface area (Å²) in [5.74, 6) is 7.34. The van der Waals surface area contributed by atoms with Crippen molar-refractivity contribution in [1.29, 1.82) is 0 Å². The smallest absolute Gasteiger partial charge is 0.358 e. The van der Waals surface area contributed by atoms with Crippen LogP contribution in [0.5, 0.6) is 0 Å². The Hall–Kier alpha value is -1.61. The maximum Gasteiger partial charge on any atom is 0.580 e. The van der Waals surface area contributed by atoms with Crippen molar-refractivity contribution in [3.63, 3.8) is 0 Å². The van der Waals surface area contributed by atoms with Crippen molar-refractivity contribution in [1.82, 2.24) is 9.88 Å². The van der Waals surface area contributed by atoms with Gasteiger partial charge in [0.15, 0.2) is 5.84 Å². The van der Waals surface area contributed by atoms with Gasteiger partial charge < -0.3 is 30.0 Å². The lowest BCUT2D eigenvalue weighted by molar-refractivity contribution is 0.0553. The summed E-state index contributed by atoms with van der Waals surface area (Å²) in [5.41, 5.74) is 6.93. The first-order valence-corrected chi connectivity index (χ1v) is 17.7. The Morgan fingerprint density at radius 3 is 2.86 bits per heavy atom. The summed E-state index contributed by atoms with van der Waals surface area (Å²) in [4.78, 5) is 46.2. The maximum absolute atomic E-state index is 12.1. The number of ether oxygens (including phenoxy) is 2. The molecule has 2 saturated heterocycles. The normalized spacial score (nSPS) is 25.9. The summed E-state index contributed by atoms with van der Waals surface area (Å²) >= 11 is 0. The zero-order valence-electron chi connectivity index (χ0n) is 23.3. The summed E-state index contributed by atoms with van der Waals surface area (Å²) in [6.07, 6.45) is 4.13. The van der Waals surface area contributed by atoms with Crippen LogP contribution in [0, 0.1) is 17.8 Å². The molecule has 3 aliphatic heterocycles. The molecule has 6 atom stereocenters. The molecule has 0 bridgehead atoms. The highest BCUT2D eigenvalue weighted by molar-refractivity contribution is 7.69. The van der Waals surface area contributed by atoms with Crippen LogP contribution in [0.15, 0.2) is 16.2 Å². The van der Waals surface area contributed by atoms with Gasteiger partial charge in [0.05, 0.1) is 44.1 Å². The van der Waals surface area contributed by atoms with Crippen LogP contribution in [-0.2, 0) is 36.3 Å². The number of nitrogens with zero attached hydrogens (tertiary/aromatic N) is 3. The summed E-state index contributed by atoms with van der Waals surface area (Å²) in [5, 5.41) is 6.48. The molecule has 43 heavy (non-hydrogen) atoms. The maximum atomic E-state index is 12.1. The lowest BCUT2D eigenvalue weighted by Gasteiger charge is -2.20. The van der Waals surface area contributed by atoms with Crippen LogP contribution < -0.4 is 16.4 Å². The molecule has 0 aliphatic carbocycles. The Morgan fingerprint density at radius 2 is 2.14 bits per heavy atom. The highest BCUT2D eigenvalue weighted by atomic mass is 31.3. The van der Waals surface area contributed by atoms with E-state index in [-0.39, 0.29) is 37.9 Å². The van der Waals surface area contributed by atoms with Gasteiger partial charge in [0.2, 0.25) is 0 Å². The number of phosphoric acid groups is 2. The van der Waals surface area contributed by atoms with Crippen molar-refractivity contribution in [2.45, 2.75) is 44.2 Å². The Labute approximate surface area is 248 Å². The Morgan fingerprint density at radius 1 is 1.35 bits per heavy atom. The molecule has 0 saturated carbocycles. The van der Waals surface area contributed by atoms with E-state index >= 15 is 0 Å². The van der Waals surface area contributed by atoms with Gasteiger partial charge in [-0.15, -0.1) is 0 Å².